The molecule has 1 unspecified atom stereocenters. The maximum Gasteiger partial charge on any atom is 0.222 e. The van der Waals surface area contributed by atoms with Crippen LogP contribution < -0.4 is 10.6 Å². The lowest BCUT2D eigenvalue weighted by atomic mass is 10.2. The number of morpholine rings is 1. The van der Waals surface area contributed by atoms with E-state index in [0.29, 0.717) is 39.4 Å². The second-order valence-electron chi connectivity index (χ2n) is 4.21. The quantitative estimate of drug-likeness (QED) is 0.549. The third kappa shape index (κ3) is 7.60. The summed E-state index contributed by atoms with van der Waals surface area (Å²) in [5.41, 5.74) is 0. The molecule has 0 aliphatic carbocycles. The molecule has 0 aromatic carbocycles. The largest absolute Gasteiger partial charge is 0.382 e. The fourth-order valence-electron chi connectivity index (χ4n) is 1.68. The minimum absolute atomic E-state index is 0.0108. The number of ether oxygens (including phenoxy) is 3. The van der Waals surface area contributed by atoms with E-state index in [-0.39, 0.29) is 12.0 Å². The van der Waals surface area contributed by atoms with Crippen LogP contribution in [0.3, 0.4) is 0 Å². The minimum atomic E-state index is 0.0108. The molecule has 1 fully saturated rings. The van der Waals surface area contributed by atoms with Crippen LogP contribution in [0.25, 0.3) is 0 Å². The van der Waals surface area contributed by atoms with E-state index < -0.39 is 0 Å². The van der Waals surface area contributed by atoms with E-state index in [1.807, 2.05) is 0 Å². The van der Waals surface area contributed by atoms with Gasteiger partial charge in [-0.05, 0) is 6.42 Å². The Bertz CT molecular complexity index is 220. The molecular formula is C12H24N2O4. The molecule has 1 heterocycles. The molecule has 1 aliphatic heterocycles. The van der Waals surface area contributed by atoms with Gasteiger partial charge in [-0.1, -0.05) is 0 Å². The average Bonchev–Trinajstić information content (AvgIpc) is 2.39. The van der Waals surface area contributed by atoms with Crippen LogP contribution in [0.5, 0.6) is 0 Å². The van der Waals surface area contributed by atoms with Crippen molar-refractivity contribution in [3.63, 3.8) is 0 Å². The van der Waals surface area contributed by atoms with Gasteiger partial charge in [-0.25, -0.2) is 0 Å². The van der Waals surface area contributed by atoms with Gasteiger partial charge in [0.15, 0.2) is 0 Å². The van der Waals surface area contributed by atoms with Gasteiger partial charge in [-0.3, -0.25) is 4.79 Å². The SMILES string of the molecule is COCCOCCCNC(=O)CC1CNCCO1. The van der Waals surface area contributed by atoms with E-state index in [1.54, 1.807) is 7.11 Å². The van der Waals surface area contributed by atoms with Crippen molar-refractivity contribution in [1.82, 2.24) is 10.6 Å². The van der Waals surface area contributed by atoms with Crippen molar-refractivity contribution in [1.29, 1.82) is 0 Å². The first-order valence-electron chi connectivity index (χ1n) is 6.48. The molecule has 0 bridgehead atoms. The summed E-state index contributed by atoms with van der Waals surface area (Å²) < 4.78 is 15.6. The van der Waals surface area contributed by atoms with E-state index in [9.17, 15) is 4.79 Å². The molecule has 18 heavy (non-hydrogen) atoms. The van der Waals surface area contributed by atoms with Gasteiger partial charge >= 0.3 is 0 Å². The van der Waals surface area contributed by atoms with Gasteiger partial charge in [0.25, 0.3) is 0 Å². The summed E-state index contributed by atoms with van der Waals surface area (Å²) in [6.07, 6.45) is 1.26. The van der Waals surface area contributed by atoms with Gasteiger partial charge in [0, 0.05) is 33.4 Å². The normalized spacial score (nSPS) is 19.7. The summed E-state index contributed by atoms with van der Waals surface area (Å²) in [6, 6.07) is 0. The van der Waals surface area contributed by atoms with Crippen molar-refractivity contribution in [2.24, 2.45) is 0 Å². The second kappa shape index (κ2) is 10.3. The molecule has 1 atom stereocenters. The fourth-order valence-corrected chi connectivity index (χ4v) is 1.68. The number of hydrogen-bond acceptors (Lipinski definition) is 5. The first-order chi connectivity index (χ1) is 8.83. The Morgan fingerprint density at radius 1 is 1.44 bits per heavy atom. The monoisotopic (exact) mass is 260 g/mol. The van der Waals surface area contributed by atoms with Crippen LogP contribution in [-0.4, -0.2) is 65.2 Å². The van der Waals surface area contributed by atoms with Crippen LogP contribution in [-0.2, 0) is 19.0 Å². The Labute approximate surface area is 108 Å². The van der Waals surface area contributed by atoms with Crippen molar-refractivity contribution in [3.8, 4) is 0 Å². The number of carbonyl (C=O) groups excluding carboxylic acids is 1. The van der Waals surface area contributed by atoms with E-state index in [4.69, 9.17) is 14.2 Å². The fraction of sp³-hybridized carbons (Fsp3) is 0.917. The Balaban J connectivity index is 1.90. The molecule has 1 saturated heterocycles. The molecule has 0 radical (unpaired) electrons. The summed E-state index contributed by atoms with van der Waals surface area (Å²) in [7, 11) is 1.64. The summed E-state index contributed by atoms with van der Waals surface area (Å²) in [5, 5.41) is 6.06. The summed E-state index contributed by atoms with van der Waals surface area (Å²) in [4.78, 5) is 11.6. The zero-order valence-corrected chi connectivity index (χ0v) is 11.1. The molecule has 6 heteroatoms. The summed E-state index contributed by atoms with van der Waals surface area (Å²) in [6.45, 7) is 4.82. The predicted molar refractivity (Wildman–Crippen MR) is 67.5 cm³/mol. The maximum absolute atomic E-state index is 11.6. The molecule has 1 rings (SSSR count). The van der Waals surface area contributed by atoms with Crippen molar-refractivity contribution < 1.29 is 19.0 Å². The number of nitrogens with one attached hydrogen (secondary N) is 2. The number of rotatable bonds is 9. The molecule has 1 amide bonds. The zero-order valence-electron chi connectivity index (χ0n) is 11.1. The van der Waals surface area contributed by atoms with Gasteiger partial charge in [0.05, 0.1) is 32.3 Å². The van der Waals surface area contributed by atoms with Gasteiger partial charge in [0.2, 0.25) is 5.91 Å². The Kier molecular flexibility index (Phi) is 8.75. The maximum atomic E-state index is 11.6. The van der Waals surface area contributed by atoms with Gasteiger partial charge in [0.1, 0.15) is 0 Å². The van der Waals surface area contributed by atoms with Crippen molar-refractivity contribution in [2.75, 3.05) is 53.2 Å². The lowest BCUT2D eigenvalue weighted by molar-refractivity contribution is -0.124. The highest BCUT2D eigenvalue weighted by atomic mass is 16.5. The average molecular weight is 260 g/mol. The van der Waals surface area contributed by atoms with Crippen LogP contribution in [0, 0.1) is 0 Å². The zero-order chi connectivity index (χ0) is 13.1. The highest BCUT2D eigenvalue weighted by molar-refractivity contribution is 5.76. The lowest BCUT2D eigenvalue weighted by Gasteiger charge is -2.23. The summed E-state index contributed by atoms with van der Waals surface area (Å²) in [5.74, 6) is 0.0422. The van der Waals surface area contributed by atoms with Crippen LogP contribution in [0.1, 0.15) is 12.8 Å². The second-order valence-corrected chi connectivity index (χ2v) is 4.21. The van der Waals surface area contributed by atoms with E-state index in [2.05, 4.69) is 10.6 Å². The highest BCUT2D eigenvalue weighted by Gasteiger charge is 2.16. The van der Waals surface area contributed by atoms with Gasteiger partial charge < -0.3 is 24.8 Å². The van der Waals surface area contributed by atoms with Crippen molar-refractivity contribution >= 4 is 5.91 Å². The van der Waals surface area contributed by atoms with E-state index in [0.717, 1.165) is 19.5 Å². The molecule has 106 valence electrons. The predicted octanol–water partition coefficient (Wildman–Crippen LogP) is -0.466. The first-order valence-corrected chi connectivity index (χ1v) is 6.48. The van der Waals surface area contributed by atoms with E-state index >= 15 is 0 Å². The van der Waals surface area contributed by atoms with Crippen LogP contribution in [0.4, 0.5) is 0 Å². The molecular weight excluding hydrogens is 236 g/mol. The Morgan fingerprint density at radius 2 is 2.33 bits per heavy atom. The van der Waals surface area contributed by atoms with Gasteiger partial charge in [-0.15, -0.1) is 0 Å². The molecule has 1 aliphatic rings. The Hall–Kier alpha value is -0.690. The first kappa shape index (κ1) is 15.4. The number of methoxy groups -OCH3 is 1. The number of hydrogen-bond donors (Lipinski definition) is 2. The van der Waals surface area contributed by atoms with Gasteiger partial charge in [-0.2, -0.15) is 0 Å². The topological polar surface area (TPSA) is 68.8 Å². The molecule has 2 N–H and O–H groups in total. The lowest BCUT2D eigenvalue weighted by Crippen LogP contribution is -2.41. The van der Waals surface area contributed by atoms with E-state index in [1.165, 1.54) is 0 Å². The number of carbonyl (C=O) groups is 1. The van der Waals surface area contributed by atoms with Crippen molar-refractivity contribution in [2.45, 2.75) is 18.9 Å². The van der Waals surface area contributed by atoms with Crippen LogP contribution >= 0.6 is 0 Å². The standard InChI is InChI=1S/C12H24N2O4/c1-16-7-8-17-5-2-3-14-12(15)9-11-10-13-4-6-18-11/h11,13H,2-10H2,1H3,(H,14,15). The molecule has 0 spiro atoms. The minimum Gasteiger partial charge on any atom is -0.382 e. The molecule has 6 nitrogen and oxygen atoms in total. The number of amides is 1. The van der Waals surface area contributed by atoms with Crippen LogP contribution in [0.15, 0.2) is 0 Å². The smallest absolute Gasteiger partial charge is 0.222 e. The molecule has 0 aromatic heterocycles. The van der Waals surface area contributed by atoms with Crippen molar-refractivity contribution in [3.05, 3.63) is 0 Å². The molecule has 0 saturated carbocycles. The van der Waals surface area contributed by atoms with Crippen LogP contribution in [0.2, 0.25) is 0 Å². The summed E-state index contributed by atoms with van der Waals surface area (Å²) >= 11 is 0. The third-order valence-electron chi connectivity index (χ3n) is 2.64. The molecule has 0 aromatic rings. The Morgan fingerprint density at radius 3 is 3.06 bits per heavy atom. The highest BCUT2D eigenvalue weighted by Crippen LogP contribution is 2.00. The third-order valence-corrected chi connectivity index (χ3v) is 2.64.